The van der Waals surface area contributed by atoms with Crippen molar-refractivity contribution in [2.75, 3.05) is 33.3 Å². The summed E-state index contributed by atoms with van der Waals surface area (Å²) in [6.07, 6.45) is 0. The van der Waals surface area contributed by atoms with Crippen LogP contribution in [0.15, 0.2) is 10.9 Å². The molecule has 0 saturated carbocycles. The van der Waals surface area contributed by atoms with Crippen LogP contribution in [0.3, 0.4) is 0 Å². The van der Waals surface area contributed by atoms with Crippen molar-refractivity contribution in [3.8, 4) is 0 Å². The Morgan fingerprint density at radius 3 is 3.00 bits per heavy atom. The maximum Gasteiger partial charge on any atom is 0.0902 e. The van der Waals surface area contributed by atoms with Gasteiger partial charge in [-0.25, -0.2) is 4.98 Å². The van der Waals surface area contributed by atoms with Crippen LogP contribution >= 0.6 is 11.3 Å². The van der Waals surface area contributed by atoms with E-state index in [0.717, 1.165) is 38.5 Å². The summed E-state index contributed by atoms with van der Waals surface area (Å²) in [4.78, 5) is 6.51. The molecule has 0 atom stereocenters. The minimum absolute atomic E-state index is 0.0709. The fourth-order valence-electron chi connectivity index (χ4n) is 1.70. The molecule has 0 unspecified atom stereocenters. The van der Waals surface area contributed by atoms with Gasteiger partial charge in [0.15, 0.2) is 0 Å². The molecule has 2 heterocycles. The first-order valence-electron chi connectivity index (χ1n) is 5.58. The van der Waals surface area contributed by atoms with E-state index in [1.807, 2.05) is 5.51 Å². The molecule has 1 saturated heterocycles. The van der Waals surface area contributed by atoms with E-state index < -0.39 is 0 Å². The van der Waals surface area contributed by atoms with Crippen molar-refractivity contribution < 1.29 is 4.74 Å². The summed E-state index contributed by atoms with van der Waals surface area (Å²) in [6, 6.07) is 0. The Bertz CT molecular complexity index is 311. The highest BCUT2D eigenvalue weighted by Gasteiger charge is 2.32. The summed E-state index contributed by atoms with van der Waals surface area (Å²) in [5.41, 5.74) is 3.09. The Kier molecular flexibility index (Phi) is 3.91. The molecule has 2 rings (SSSR count). The van der Waals surface area contributed by atoms with Crippen LogP contribution < -0.4 is 5.32 Å². The van der Waals surface area contributed by atoms with Crippen LogP contribution in [0, 0.1) is 0 Å². The van der Waals surface area contributed by atoms with Gasteiger partial charge in [-0.15, -0.1) is 11.3 Å². The molecule has 0 aromatic carbocycles. The normalized spacial score (nSPS) is 18.7. The second-order valence-corrected chi connectivity index (χ2v) is 5.34. The molecule has 0 radical (unpaired) electrons. The third-order valence-electron chi connectivity index (χ3n) is 2.84. The van der Waals surface area contributed by atoms with Crippen LogP contribution in [-0.2, 0) is 11.3 Å². The largest absolute Gasteiger partial charge is 0.371 e. The second-order valence-electron chi connectivity index (χ2n) is 4.62. The lowest BCUT2D eigenvalue weighted by molar-refractivity contribution is -0.0712. The lowest BCUT2D eigenvalue weighted by atomic mass is 10.0. The standard InChI is InChI=1S/C11H19N3OS/c1-11(7-12-8-11)15-4-3-14(2)5-10-6-16-9-13-10/h6,9,12H,3-5,7-8H2,1-2H3. The van der Waals surface area contributed by atoms with Gasteiger partial charge in [-0.1, -0.05) is 0 Å². The first kappa shape index (κ1) is 12.0. The Morgan fingerprint density at radius 2 is 2.44 bits per heavy atom. The topological polar surface area (TPSA) is 37.4 Å². The van der Waals surface area contributed by atoms with Gasteiger partial charge >= 0.3 is 0 Å². The number of nitrogens with zero attached hydrogens (tertiary/aromatic N) is 2. The number of ether oxygens (including phenoxy) is 1. The molecule has 16 heavy (non-hydrogen) atoms. The first-order valence-corrected chi connectivity index (χ1v) is 6.52. The van der Waals surface area contributed by atoms with Crippen molar-refractivity contribution in [3.63, 3.8) is 0 Å². The summed E-state index contributed by atoms with van der Waals surface area (Å²) in [5.74, 6) is 0. The van der Waals surface area contributed by atoms with E-state index in [2.05, 4.69) is 34.6 Å². The van der Waals surface area contributed by atoms with Gasteiger partial charge in [-0.05, 0) is 14.0 Å². The van der Waals surface area contributed by atoms with Crippen molar-refractivity contribution in [3.05, 3.63) is 16.6 Å². The van der Waals surface area contributed by atoms with Gasteiger partial charge in [0.05, 0.1) is 23.4 Å². The van der Waals surface area contributed by atoms with Gasteiger partial charge in [0.2, 0.25) is 0 Å². The number of hydrogen-bond acceptors (Lipinski definition) is 5. The third-order valence-corrected chi connectivity index (χ3v) is 3.47. The van der Waals surface area contributed by atoms with Gasteiger partial charge < -0.3 is 10.1 Å². The highest BCUT2D eigenvalue weighted by atomic mass is 32.1. The molecule has 0 bridgehead atoms. The minimum Gasteiger partial charge on any atom is -0.371 e. The maximum absolute atomic E-state index is 5.83. The SMILES string of the molecule is CN(CCOC1(C)CNC1)Cc1cscn1. The molecule has 90 valence electrons. The highest BCUT2D eigenvalue weighted by molar-refractivity contribution is 7.07. The molecule has 1 fully saturated rings. The summed E-state index contributed by atoms with van der Waals surface area (Å²) in [7, 11) is 2.10. The van der Waals surface area contributed by atoms with E-state index in [0.29, 0.717) is 0 Å². The van der Waals surface area contributed by atoms with E-state index in [9.17, 15) is 0 Å². The van der Waals surface area contributed by atoms with Crippen molar-refractivity contribution in [2.24, 2.45) is 0 Å². The van der Waals surface area contributed by atoms with Crippen LogP contribution in [0.2, 0.25) is 0 Å². The van der Waals surface area contributed by atoms with Crippen molar-refractivity contribution in [2.45, 2.75) is 19.1 Å². The molecule has 0 amide bonds. The molecular formula is C11H19N3OS. The van der Waals surface area contributed by atoms with Gasteiger partial charge in [-0.3, -0.25) is 4.90 Å². The Morgan fingerprint density at radius 1 is 1.62 bits per heavy atom. The quantitative estimate of drug-likeness (QED) is 0.805. The van der Waals surface area contributed by atoms with Crippen LogP contribution in [0.25, 0.3) is 0 Å². The molecule has 1 N–H and O–H groups in total. The summed E-state index contributed by atoms with van der Waals surface area (Å²) in [6.45, 7) is 6.75. The van der Waals surface area contributed by atoms with E-state index in [1.54, 1.807) is 11.3 Å². The zero-order valence-electron chi connectivity index (χ0n) is 9.90. The number of rotatable bonds is 6. The maximum atomic E-state index is 5.83. The average Bonchev–Trinajstić information content (AvgIpc) is 2.68. The Hall–Kier alpha value is -0.490. The number of nitrogens with one attached hydrogen (secondary N) is 1. The van der Waals surface area contributed by atoms with Gasteiger partial charge in [0.1, 0.15) is 0 Å². The predicted molar refractivity (Wildman–Crippen MR) is 65.7 cm³/mol. The number of aromatic nitrogens is 1. The summed E-state index contributed by atoms with van der Waals surface area (Å²) >= 11 is 1.65. The second kappa shape index (κ2) is 5.23. The molecule has 0 spiro atoms. The highest BCUT2D eigenvalue weighted by Crippen LogP contribution is 2.14. The predicted octanol–water partition coefficient (Wildman–Crippen LogP) is 0.953. The Balaban J connectivity index is 1.62. The van der Waals surface area contributed by atoms with Crippen molar-refractivity contribution in [1.82, 2.24) is 15.2 Å². The van der Waals surface area contributed by atoms with Crippen LogP contribution in [0.1, 0.15) is 12.6 Å². The molecule has 1 aliphatic heterocycles. The average molecular weight is 241 g/mol. The van der Waals surface area contributed by atoms with Gasteiger partial charge in [0, 0.05) is 31.6 Å². The van der Waals surface area contributed by atoms with Crippen molar-refractivity contribution >= 4 is 11.3 Å². The van der Waals surface area contributed by atoms with E-state index in [1.165, 1.54) is 0 Å². The number of thiazole rings is 1. The molecular weight excluding hydrogens is 222 g/mol. The molecule has 1 aromatic heterocycles. The van der Waals surface area contributed by atoms with Crippen LogP contribution in [-0.4, -0.2) is 48.8 Å². The first-order chi connectivity index (χ1) is 7.68. The van der Waals surface area contributed by atoms with Gasteiger partial charge in [0.25, 0.3) is 0 Å². The molecule has 4 nitrogen and oxygen atoms in total. The molecule has 1 aliphatic rings. The number of likely N-dealkylation sites (N-methyl/N-ethyl adjacent to an activating group) is 1. The van der Waals surface area contributed by atoms with E-state index in [-0.39, 0.29) is 5.60 Å². The van der Waals surface area contributed by atoms with E-state index in [4.69, 9.17) is 4.74 Å². The minimum atomic E-state index is 0.0709. The monoisotopic (exact) mass is 241 g/mol. The smallest absolute Gasteiger partial charge is 0.0902 e. The fraction of sp³-hybridized carbons (Fsp3) is 0.727. The Labute approximate surface area is 101 Å². The summed E-state index contributed by atoms with van der Waals surface area (Å²) < 4.78 is 5.83. The fourth-order valence-corrected chi connectivity index (χ4v) is 2.25. The molecule has 0 aliphatic carbocycles. The number of hydrogen-bond donors (Lipinski definition) is 1. The van der Waals surface area contributed by atoms with Gasteiger partial charge in [-0.2, -0.15) is 0 Å². The van der Waals surface area contributed by atoms with Crippen LogP contribution in [0.5, 0.6) is 0 Å². The summed E-state index contributed by atoms with van der Waals surface area (Å²) in [5, 5.41) is 5.32. The van der Waals surface area contributed by atoms with Crippen molar-refractivity contribution in [1.29, 1.82) is 0 Å². The van der Waals surface area contributed by atoms with E-state index >= 15 is 0 Å². The molecule has 1 aromatic rings. The lowest BCUT2D eigenvalue weighted by Gasteiger charge is -2.39. The molecule has 5 heteroatoms. The zero-order valence-corrected chi connectivity index (χ0v) is 10.7. The lowest BCUT2D eigenvalue weighted by Crippen LogP contribution is -2.59. The zero-order chi connectivity index (χ0) is 11.4. The third kappa shape index (κ3) is 3.25. The van der Waals surface area contributed by atoms with Crippen LogP contribution in [0.4, 0.5) is 0 Å².